The summed E-state index contributed by atoms with van der Waals surface area (Å²) >= 11 is 1.23. The first-order valence-corrected chi connectivity index (χ1v) is 10.7. The second kappa shape index (κ2) is 8.89. The van der Waals surface area contributed by atoms with E-state index in [1.165, 1.54) is 23.5 Å². The molecule has 1 aromatic heterocycles. The van der Waals surface area contributed by atoms with Gasteiger partial charge < -0.3 is 10.2 Å². The zero-order valence-corrected chi connectivity index (χ0v) is 17.3. The highest BCUT2D eigenvalue weighted by atomic mass is 32.1. The number of benzene rings is 2. The van der Waals surface area contributed by atoms with E-state index < -0.39 is 23.1 Å². The first-order chi connectivity index (χ1) is 14.5. The van der Waals surface area contributed by atoms with E-state index in [2.05, 4.69) is 15.6 Å². The molecule has 5 nitrogen and oxygen atoms in total. The maximum absolute atomic E-state index is 14.6. The fraction of sp³-hybridized carbons (Fsp3) is 0.273. The zero-order chi connectivity index (χ0) is 21.1. The molecular weight excluding hydrogens is 406 g/mol. The summed E-state index contributed by atoms with van der Waals surface area (Å²) < 4.78 is 29.2. The van der Waals surface area contributed by atoms with Gasteiger partial charge in [0, 0.05) is 43.2 Å². The van der Waals surface area contributed by atoms with Crippen molar-refractivity contribution in [3.8, 4) is 0 Å². The van der Waals surface area contributed by atoms with Crippen molar-refractivity contribution in [1.82, 2.24) is 10.3 Å². The summed E-state index contributed by atoms with van der Waals surface area (Å²) in [4.78, 5) is 18.9. The molecule has 0 bridgehead atoms. The summed E-state index contributed by atoms with van der Waals surface area (Å²) in [5.41, 5.74) is 1.73. The van der Waals surface area contributed by atoms with Crippen LogP contribution in [0.2, 0.25) is 0 Å². The molecule has 1 fully saturated rings. The third kappa shape index (κ3) is 4.34. The molecule has 2 aromatic carbocycles. The number of amides is 1. The Morgan fingerprint density at radius 1 is 1.17 bits per heavy atom. The van der Waals surface area contributed by atoms with Crippen LogP contribution in [0.5, 0.6) is 0 Å². The van der Waals surface area contributed by atoms with Crippen LogP contribution in [-0.4, -0.2) is 37.1 Å². The van der Waals surface area contributed by atoms with Crippen LogP contribution in [0.3, 0.4) is 0 Å². The molecule has 0 radical (unpaired) electrons. The van der Waals surface area contributed by atoms with Crippen LogP contribution in [0.15, 0.2) is 47.8 Å². The lowest BCUT2D eigenvalue weighted by Crippen LogP contribution is -2.43. The van der Waals surface area contributed by atoms with Crippen LogP contribution in [0, 0.1) is 11.6 Å². The van der Waals surface area contributed by atoms with Crippen LogP contribution in [0.25, 0.3) is 0 Å². The van der Waals surface area contributed by atoms with Crippen molar-refractivity contribution in [3.63, 3.8) is 0 Å². The Kier molecular flexibility index (Phi) is 6.06. The summed E-state index contributed by atoms with van der Waals surface area (Å²) in [7, 11) is 0. The fourth-order valence-electron chi connectivity index (χ4n) is 3.50. The quantitative estimate of drug-likeness (QED) is 0.639. The van der Waals surface area contributed by atoms with Crippen molar-refractivity contribution in [3.05, 3.63) is 76.3 Å². The highest BCUT2D eigenvalue weighted by molar-refractivity contribution is 7.14. The van der Waals surface area contributed by atoms with Gasteiger partial charge >= 0.3 is 0 Å². The Balaban J connectivity index is 1.50. The summed E-state index contributed by atoms with van der Waals surface area (Å²) in [5, 5.41) is 7.87. The molecule has 2 N–H and O–H groups in total. The SMILES string of the molecule is CC(c1ccccc1)c1csc(NC(=O)c2c(F)cc(N3CCNCC3)cc2F)n1. The highest BCUT2D eigenvalue weighted by Gasteiger charge is 2.22. The molecule has 2 heterocycles. The first-order valence-electron chi connectivity index (χ1n) is 9.79. The van der Waals surface area contributed by atoms with E-state index in [4.69, 9.17) is 0 Å². The lowest BCUT2D eigenvalue weighted by molar-refractivity contribution is 0.101. The number of nitrogens with zero attached hydrogens (tertiary/aromatic N) is 2. The molecule has 1 amide bonds. The normalized spacial score (nSPS) is 15.1. The Labute approximate surface area is 177 Å². The topological polar surface area (TPSA) is 57.3 Å². The summed E-state index contributed by atoms with van der Waals surface area (Å²) in [6.45, 7) is 4.83. The lowest BCUT2D eigenvalue weighted by Gasteiger charge is -2.29. The molecule has 8 heteroatoms. The van der Waals surface area contributed by atoms with E-state index in [9.17, 15) is 13.6 Å². The van der Waals surface area contributed by atoms with Gasteiger partial charge in [-0.15, -0.1) is 11.3 Å². The average Bonchev–Trinajstić information content (AvgIpc) is 3.22. The molecule has 1 unspecified atom stereocenters. The minimum Gasteiger partial charge on any atom is -0.369 e. The monoisotopic (exact) mass is 428 g/mol. The molecule has 0 spiro atoms. The molecule has 1 atom stereocenters. The minimum atomic E-state index is -0.879. The number of hydrogen-bond acceptors (Lipinski definition) is 5. The van der Waals surface area contributed by atoms with Crippen molar-refractivity contribution in [2.75, 3.05) is 36.4 Å². The fourth-order valence-corrected chi connectivity index (χ4v) is 4.30. The van der Waals surface area contributed by atoms with Gasteiger partial charge in [-0.3, -0.25) is 10.1 Å². The second-order valence-electron chi connectivity index (χ2n) is 7.19. The van der Waals surface area contributed by atoms with Crippen LogP contribution >= 0.6 is 11.3 Å². The highest BCUT2D eigenvalue weighted by Crippen LogP contribution is 2.28. The Hall–Kier alpha value is -2.84. The third-order valence-electron chi connectivity index (χ3n) is 5.22. The van der Waals surface area contributed by atoms with Gasteiger partial charge in [0.05, 0.1) is 5.69 Å². The third-order valence-corrected chi connectivity index (χ3v) is 6.00. The smallest absolute Gasteiger partial charge is 0.263 e. The van der Waals surface area contributed by atoms with E-state index >= 15 is 0 Å². The van der Waals surface area contributed by atoms with Gasteiger partial charge in [-0.25, -0.2) is 13.8 Å². The minimum absolute atomic E-state index is 0.0416. The van der Waals surface area contributed by atoms with Crippen molar-refractivity contribution < 1.29 is 13.6 Å². The summed E-state index contributed by atoms with van der Waals surface area (Å²) in [6, 6.07) is 12.3. The van der Waals surface area contributed by atoms with E-state index in [1.807, 2.05) is 47.5 Å². The van der Waals surface area contributed by atoms with Crippen LogP contribution < -0.4 is 15.5 Å². The Morgan fingerprint density at radius 3 is 2.50 bits per heavy atom. The van der Waals surface area contributed by atoms with Crippen molar-refractivity contribution in [2.24, 2.45) is 0 Å². The standard InChI is InChI=1S/C22H22F2N4OS/c1-14(15-5-3-2-4-6-15)19-13-30-22(26-19)27-21(29)20-17(23)11-16(12-18(20)24)28-9-7-25-8-10-28/h2-6,11-14,25H,7-10H2,1H3,(H,26,27,29). The molecule has 30 heavy (non-hydrogen) atoms. The largest absolute Gasteiger partial charge is 0.369 e. The molecule has 3 aromatic rings. The van der Waals surface area contributed by atoms with Gasteiger partial charge in [0.2, 0.25) is 0 Å². The van der Waals surface area contributed by atoms with Gasteiger partial charge in [-0.2, -0.15) is 0 Å². The number of piperazine rings is 1. The van der Waals surface area contributed by atoms with E-state index in [0.717, 1.165) is 24.3 Å². The predicted octanol–water partition coefficient (Wildman–Crippen LogP) is 4.24. The maximum Gasteiger partial charge on any atom is 0.263 e. The number of anilines is 2. The predicted molar refractivity (Wildman–Crippen MR) is 115 cm³/mol. The number of carbonyl (C=O) groups is 1. The van der Waals surface area contributed by atoms with Crippen LogP contribution in [0.4, 0.5) is 19.6 Å². The number of aromatic nitrogens is 1. The van der Waals surface area contributed by atoms with E-state index in [-0.39, 0.29) is 5.92 Å². The molecular formula is C22H22F2N4OS. The average molecular weight is 429 g/mol. The summed E-state index contributed by atoms with van der Waals surface area (Å²) in [6.07, 6.45) is 0. The van der Waals surface area contributed by atoms with E-state index in [0.29, 0.717) is 23.9 Å². The van der Waals surface area contributed by atoms with Gasteiger partial charge in [0.15, 0.2) is 5.13 Å². The lowest BCUT2D eigenvalue weighted by atomic mass is 9.99. The number of nitrogens with one attached hydrogen (secondary N) is 2. The molecule has 0 aliphatic carbocycles. The van der Waals surface area contributed by atoms with Crippen molar-refractivity contribution in [1.29, 1.82) is 0 Å². The first kappa shape index (κ1) is 20.4. The molecule has 1 saturated heterocycles. The molecule has 0 saturated carbocycles. The number of halogens is 2. The van der Waals surface area contributed by atoms with Gasteiger partial charge in [-0.05, 0) is 17.7 Å². The van der Waals surface area contributed by atoms with Gasteiger partial charge in [0.1, 0.15) is 17.2 Å². The van der Waals surface area contributed by atoms with Crippen LogP contribution in [0.1, 0.15) is 34.5 Å². The van der Waals surface area contributed by atoms with E-state index in [1.54, 1.807) is 0 Å². The van der Waals surface area contributed by atoms with Gasteiger partial charge in [-0.1, -0.05) is 37.3 Å². The number of thiazole rings is 1. The summed E-state index contributed by atoms with van der Waals surface area (Å²) in [5.74, 6) is -2.56. The Morgan fingerprint density at radius 2 is 1.83 bits per heavy atom. The number of hydrogen-bond donors (Lipinski definition) is 2. The second-order valence-corrected chi connectivity index (χ2v) is 8.04. The molecule has 1 aliphatic heterocycles. The van der Waals surface area contributed by atoms with Crippen molar-refractivity contribution in [2.45, 2.75) is 12.8 Å². The molecule has 1 aliphatic rings. The molecule has 4 rings (SSSR count). The molecule has 156 valence electrons. The van der Waals surface area contributed by atoms with Crippen LogP contribution in [-0.2, 0) is 0 Å². The number of rotatable bonds is 5. The van der Waals surface area contributed by atoms with Gasteiger partial charge in [0.25, 0.3) is 5.91 Å². The zero-order valence-electron chi connectivity index (χ0n) is 16.5. The maximum atomic E-state index is 14.6. The number of carbonyl (C=O) groups excluding carboxylic acids is 1. The Bertz CT molecular complexity index is 1010. The van der Waals surface area contributed by atoms with Crippen molar-refractivity contribution >= 4 is 28.1 Å².